The van der Waals surface area contributed by atoms with Crippen molar-refractivity contribution in [3.8, 4) is 56.2 Å². The minimum absolute atomic E-state index is 0.0304. The highest BCUT2D eigenvalue weighted by molar-refractivity contribution is 6.25. The number of aromatic nitrogens is 4. The first kappa shape index (κ1) is 31.6. The lowest BCUT2D eigenvalue weighted by Gasteiger charge is -2.13. The van der Waals surface area contributed by atoms with Crippen molar-refractivity contribution in [1.29, 1.82) is 0 Å². The first-order chi connectivity index (χ1) is 26.5. The Morgan fingerprint density at radius 2 is 0.778 bits per heavy atom. The maximum atomic E-state index is 12.5. The van der Waals surface area contributed by atoms with E-state index in [0.29, 0.717) is 5.82 Å². The van der Waals surface area contributed by atoms with Crippen LogP contribution in [0.1, 0.15) is 0 Å². The summed E-state index contributed by atoms with van der Waals surface area (Å²) in [6.07, 6.45) is 0. The predicted molar refractivity (Wildman–Crippen MR) is 223 cm³/mol. The lowest BCUT2D eigenvalue weighted by molar-refractivity contribution is 0.795. The number of hydrogen-bond donors (Lipinski definition) is 0. The van der Waals surface area contributed by atoms with E-state index in [4.69, 9.17) is 9.97 Å². The average molecular weight is 695 g/mol. The summed E-state index contributed by atoms with van der Waals surface area (Å²) < 4.78 is 3.37. The lowest BCUT2D eigenvalue weighted by atomic mass is 9.92. The molecule has 0 unspecified atom stereocenters. The highest BCUT2D eigenvalue weighted by Gasteiger charge is 2.14. The third-order valence-corrected chi connectivity index (χ3v) is 10.8. The maximum Gasteiger partial charge on any atom is 0.328 e. The van der Waals surface area contributed by atoms with E-state index >= 15 is 0 Å². The second-order valence-electron chi connectivity index (χ2n) is 13.9. The Morgan fingerprint density at radius 1 is 0.352 bits per heavy atom. The molecule has 0 aliphatic carbocycles. The predicted octanol–water partition coefficient (Wildman–Crippen LogP) is 11.5. The molecule has 0 aliphatic rings. The Hall–Kier alpha value is -7.11. The summed E-state index contributed by atoms with van der Waals surface area (Å²) >= 11 is 0. The molecule has 0 saturated heterocycles. The normalized spacial score (nSPS) is 11.6. The number of hydrogen-bond acceptors (Lipinski definition) is 3. The molecule has 0 saturated carbocycles. The fraction of sp³-hybridized carbons (Fsp3) is 0.0408. The van der Waals surface area contributed by atoms with Crippen LogP contribution in [-0.4, -0.2) is 19.1 Å². The highest BCUT2D eigenvalue weighted by atomic mass is 16.1. The second kappa shape index (κ2) is 12.5. The van der Waals surface area contributed by atoms with Gasteiger partial charge in [-0.2, -0.15) is 0 Å². The standard InChI is InChI=1S/C49H34N4O/c1-52-46-27-25-37(29-47(46)53(2)49(52)54)32-18-22-34(23-19-32)45-30-44(50-48(51-45)35-10-4-3-5-11-35)33-20-16-31(17-21-33)36-24-26-42-40-14-7-6-12-38(40)39-13-8-9-15-41(39)43(42)28-36/h3-30H,1-2H3. The first-order valence-corrected chi connectivity index (χ1v) is 18.1. The summed E-state index contributed by atoms with van der Waals surface area (Å²) in [4.78, 5) is 22.6. The van der Waals surface area contributed by atoms with E-state index in [0.717, 1.165) is 55.8 Å². The van der Waals surface area contributed by atoms with Crippen molar-refractivity contribution in [3.05, 3.63) is 180 Å². The van der Waals surface area contributed by atoms with Crippen molar-refractivity contribution in [3.63, 3.8) is 0 Å². The van der Waals surface area contributed by atoms with Crippen LogP contribution in [0.25, 0.3) is 99.5 Å². The van der Waals surface area contributed by atoms with Gasteiger partial charge in [-0.3, -0.25) is 9.13 Å². The molecule has 2 heterocycles. The topological polar surface area (TPSA) is 52.7 Å². The molecule has 10 aromatic rings. The summed E-state index contributed by atoms with van der Waals surface area (Å²) in [6, 6.07) is 59.8. The number of aryl methyl sites for hydroxylation is 2. The molecule has 8 aromatic carbocycles. The molecule has 256 valence electrons. The highest BCUT2D eigenvalue weighted by Crippen LogP contribution is 2.38. The van der Waals surface area contributed by atoms with Crippen LogP contribution in [0.15, 0.2) is 175 Å². The van der Waals surface area contributed by atoms with Gasteiger partial charge in [0.15, 0.2) is 5.82 Å². The molecule has 10 rings (SSSR count). The number of imidazole rings is 1. The van der Waals surface area contributed by atoms with Crippen LogP contribution in [-0.2, 0) is 14.1 Å². The fourth-order valence-corrected chi connectivity index (χ4v) is 7.90. The third kappa shape index (κ3) is 5.21. The van der Waals surface area contributed by atoms with Crippen molar-refractivity contribution in [2.24, 2.45) is 14.1 Å². The Balaban J connectivity index is 1.02. The van der Waals surface area contributed by atoms with E-state index in [9.17, 15) is 4.79 Å². The van der Waals surface area contributed by atoms with E-state index in [-0.39, 0.29) is 5.69 Å². The molecule has 0 aliphatic heterocycles. The van der Waals surface area contributed by atoms with Gasteiger partial charge in [-0.15, -0.1) is 0 Å². The Bertz CT molecular complexity index is 3090. The van der Waals surface area contributed by atoms with Crippen LogP contribution in [0.3, 0.4) is 0 Å². The molecule has 5 heteroatoms. The SMILES string of the molecule is Cn1c(=O)n(C)c2cc(-c3ccc(-c4cc(-c5ccc(-c6ccc7c8ccccc8c8ccccc8c7c6)cc5)nc(-c5ccccc5)n4)cc3)ccc21. The summed E-state index contributed by atoms with van der Waals surface area (Å²) in [5.41, 5.74) is 10.9. The zero-order valence-corrected chi connectivity index (χ0v) is 29.9. The third-order valence-electron chi connectivity index (χ3n) is 10.8. The smallest absolute Gasteiger partial charge is 0.295 e. The largest absolute Gasteiger partial charge is 0.328 e. The minimum atomic E-state index is -0.0304. The number of nitrogens with zero attached hydrogens (tertiary/aromatic N) is 4. The van der Waals surface area contributed by atoms with Crippen LogP contribution in [0.5, 0.6) is 0 Å². The summed E-state index contributed by atoms with van der Waals surface area (Å²) in [5, 5.41) is 7.63. The van der Waals surface area contributed by atoms with Crippen LogP contribution in [0, 0.1) is 0 Å². The van der Waals surface area contributed by atoms with E-state index in [1.54, 1.807) is 16.2 Å². The van der Waals surface area contributed by atoms with Crippen molar-refractivity contribution in [2.45, 2.75) is 0 Å². The van der Waals surface area contributed by atoms with Gasteiger partial charge in [0.05, 0.1) is 22.4 Å². The number of benzene rings is 8. The van der Waals surface area contributed by atoms with Crippen molar-refractivity contribution in [2.75, 3.05) is 0 Å². The molecule has 0 bridgehead atoms. The molecule has 54 heavy (non-hydrogen) atoms. The van der Waals surface area contributed by atoms with Crippen molar-refractivity contribution < 1.29 is 0 Å². The summed E-state index contributed by atoms with van der Waals surface area (Å²) in [5.74, 6) is 0.681. The van der Waals surface area contributed by atoms with Gasteiger partial charge in [-0.25, -0.2) is 14.8 Å². The monoisotopic (exact) mass is 694 g/mol. The summed E-state index contributed by atoms with van der Waals surface area (Å²) in [6.45, 7) is 0. The molecular formula is C49H34N4O. The van der Waals surface area contributed by atoms with Gasteiger partial charge in [0.2, 0.25) is 0 Å². The average Bonchev–Trinajstić information content (AvgIpc) is 3.46. The van der Waals surface area contributed by atoms with E-state index < -0.39 is 0 Å². The van der Waals surface area contributed by atoms with Crippen LogP contribution < -0.4 is 5.69 Å². The van der Waals surface area contributed by atoms with E-state index in [1.807, 2.05) is 31.3 Å². The molecular weight excluding hydrogens is 661 g/mol. The molecule has 0 atom stereocenters. The quantitative estimate of drug-likeness (QED) is 0.169. The number of rotatable bonds is 5. The minimum Gasteiger partial charge on any atom is -0.295 e. The Kier molecular flexibility index (Phi) is 7.34. The molecule has 0 fully saturated rings. The van der Waals surface area contributed by atoms with E-state index in [1.165, 1.54) is 37.9 Å². The first-order valence-electron chi connectivity index (χ1n) is 18.1. The molecule has 2 aromatic heterocycles. The maximum absolute atomic E-state index is 12.5. The van der Waals surface area contributed by atoms with Gasteiger partial charge in [0.1, 0.15) is 0 Å². The van der Waals surface area contributed by atoms with Gasteiger partial charge >= 0.3 is 5.69 Å². The molecule has 0 radical (unpaired) electrons. The van der Waals surface area contributed by atoms with Gasteiger partial charge in [-0.1, -0.05) is 146 Å². The van der Waals surface area contributed by atoms with Gasteiger partial charge < -0.3 is 0 Å². The lowest BCUT2D eigenvalue weighted by Crippen LogP contribution is -2.19. The van der Waals surface area contributed by atoms with Crippen molar-refractivity contribution >= 4 is 43.4 Å². The van der Waals surface area contributed by atoms with Gasteiger partial charge in [0, 0.05) is 30.8 Å². The second-order valence-corrected chi connectivity index (χ2v) is 13.9. The van der Waals surface area contributed by atoms with Crippen LogP contribution in [0.2, 0.25) is 0 Å². The summed E-state index contributed by atoms with van der Waals surface area (Å²) in [7, 11) is 3.62. The van der Waals surface area contributed by atoms with Gasteiger partial charge in [-0.05, 0) is 78.8 Å². The van der Waals surface area contributed by atoms with Crippen LogP contribution >= 0.6 is 0 Å². The molecule has 5 nitrogen and oxygen atoms in total. The van der Waals surface area contributed by atoms with Crippen LogP contribution in [0.4, 0.5) is 0 Å². The van der Waals surface area contributed by atoms with Crippen molar-refractivity contribution in [1.82, 2.24) is 19.1 Å². The molecule has 0 spiro atoms. The zero-order chi connectivity index (χ0) is 36.3. The van der Waals surface area contributed by atoms with Gasteiger partial charge in [0.25, 0.3) is 0 Å². The Labute approximate surface area is 312 Å². The van der Waals surface area contributed by atoms with E-state index in [2.05, 4.69) is 146 Å². The Morgan fingerprint density at radius 3 is 1.35 bits per heavy atom. The molecule has 0 N–H and O–H groups in total. The fourth-order valence-electron chi connectivity index (χ4n) is 7.90. The number of fused-ring (bicyclic) bond motifs is 7. The zero-order valence-electron chi connectivity index (χ0n) is 29.9. The molecule has 0 amide bonds.